The highest BCUT2D eigenvalue weighted by Crippen LogP contribution is 2.31. The summed E-state index contributed by atoms with van der Waals surface area (Å²) in [6.07, 6.45) is 6.59. The van der Waals surface area contributed by atoms with E-state index < -0.39 is 5.38 Å². The molecule has 2 fully saturated rings. The van der Waals surface area contributed by atoms with Crippen LogP contribution in [0.5, 0.6) is 0 Å². The summed E-state index contributed by atoms with van der Waals surface area (Å²) in [5, 5.41) is 2.21. The van der Waals surface area contributed by atoms with E-state index in [0.29, 0.717) is 17.2 Å². The Hall–Kier alpha value is -2.53. The number of carbonyl (C=O) groups is 2. The van der Waals surface area contributed by atoms with E-state index in [-0.39, 0.29) is 11.8 Å². The van der Waals surface area contributed by atoms with Crippen LogP contribution in [0.4, 0.5) is 11.4 Å². The van der Waals surface area contributed by atoms with Crippen molar-refractivity contribution in [2.24, 2.45) is 5.92 Å². The molecule has 1 atom stereocenters. The Labute approximate surface area is 202 Å². The van der Waals surface area contributed by atoms with E-state index in [2.05, 4.69) is 40.5 Å². The monoisotopic (exact) mass is 467 g/mol. The van der Waals surface area contributed by atoms with Crippen molar-refractivity contribution in [3.63, 3.8) is 0 Å². The van der Waals surface area contributed by atoms with Crippen LogP contribution in [-0.2, 0) is 11.2 Å². The summed E-state index contributed by atoms with van der Waals surface area (Å²) in [7, 11) is 0. The van der Waals surface area contributed by atoms with Crippen molar-refractivity contribution in [1.82, 2.24) is 4.90 Å². The van der Waals surface area contributed by atoms with Crippen LogP contribution in [0, 0.1) is 5.92 Å². The van der Waals surface area contributed by atoms with Crippen molar-refractivity contribution in [3.05, 3.63) is 59.7 Å². The summed E-state index contributed by atoms with van der Waals surface area (Å²) in [5.41, 5.74) is 3.67. The van der Waals surface area contributed by atoms with Crippen LogP contribution in [-0.4, -0.2) is 48.3 Å². The molecule has 2 aliphatic heterocycles. The number of anilines is 2. The van der Waals surface area contributed by atoms with Crippen LogP contribution in [0.25, 0.3) is 0 Å². The average Bonchev–Trinajstić information content (AvgIpc) is 2.85. The zero-order valence-electron chi connectivity index (χ0n) is 19.4. The molecule has 0 aliphatic carbocycles. The first-order valence-corrected chi connectivity index (χ1v) is 12.6. The number of rotatable bonds is 6. The number of carbonyl (C=O) groups excluding carboxylic acids is 2. The van der Waals surface area contributed by atoms with Gasteiger partial charge in [0.1, 0.15) is 5.38 Å². The molecular weight excluding hydrogens is 434 g/mol. The maximum atomic E-state index is 13.5. The first-order chi connectivity index (χ1) is 16.0. The number of hydrogen-bond donors (Lipinski definition) is 1. The first kappa shape index (κ1) is 23.6. The third kappa shape index (κ3) is 6.08. The Balaban J connectivity index is 1.51. The highest BCUT2D eigenvalue weighted by atomic mass is 35.5. The molecule has 2 aromatic rings. The minimum atomic E-state index is -0.630. The molecule has 0 spiro atoms. The summed E-state index contributed by atoms with van der Waals surface area (Å²) in [4.78, 5) is 29.9. The molecule has 0 radical (unpaired) electrons. The topological polar surface area (TPSA) is 52.7 Å². The number of nitrogens with zero attached hydrogens (tertiary/aromatic N) is 2. The lowest BCUT2D eigenvalue weighted by Gasteiger charge is -2.36. The van der Waals surface area contributed by atoms with Crippen molar-refractivity contribution < 1.29 is 9.59 Å². The van der Waals surface area contributed by atoms with E-state index in [1.54, 1.807) is 6.92 Å². The van der Waals surface area contributed by atoms with Gasteiger partial charge in [0.2, 0.25) is 5.91 Å². The van der Waals surface area contributed by atoms with Gasteiger partial charge >= 0.3 is 0 Å². The van der Waals surface area contributed by atoms with Crippen molar-refractivity contribution in [2.75, 3.05) is 36.4 Å². The summed E-state index contributed by atoms with van der Waals surface area (Å²) < 4.78 is 0. The molecule has 2 heterocycles. The summed E-state index contributed by atoms with van der Waals surface area (Å²) >= 11 is 5.93. The third-order valence-electron chi connectivity index (χ3n) is 6.82. The zero-order valence-corrected chi connectivity index (χ0v) is 20.2. The number of amides is 2. The van der Waals surface area contributed by atoms with E-state index in [1.165, 1.54) is 12.0 Å². The minimum absolute atomic E-state index is 0.0612. The quantitative estimate of drug-likeness (QED) is 0.583. The van der Waals surface area contributed by atoms with Gasteiger partial charge in [-0.25, -0.2) is 0 Å². The smallest absolute Gasteiger partial charge is 0.256 e. The standard InChI is InChI=1S/C27H34ClN3O2/c1-20(28)26(32)29-23-10-11-25(24(19-23)27(33)31-14-6-3-7-15-31)30-16-12-22(13-17-30)18-21-8-4-2-5-9-21/h2,4-5,8-11,19-20,22H,3,6-7,12-18H2,1H3,(H,29,32). The van der Waals surface area contributed by atoms with Gasteiger partial charge in [0.15, 0.2) is 0 Å². The normalized spacial score (nSPS) is 18.1. The number of benzene rings is 2. The molecule has 1 N–H and O–H groups in total. The second-order valence-electron chi connectivity index (χ2n) is 9.31. The number of piperidine rings is 2. The average molecular weight is 468 g/mol. The predicted octanol–water partition coefficient (Wildman–Crippen LogP) is 5.34. The predicted molar refractivity (Wildman–Crippen MR) is 135 cm³/mol. The molecule has 5 nitrogen and oxygen atoms in total. The van der Waals surface area contributed by atoms with Crippen LogP contribution < -0.4 is 10.2 Å². The number of halogens is 1. The molecule has 0 aromatic heterocycles. The largest absolute Gasteiger partial charge is 0.371 e. The molecule has 2 saturated heterocycles. The second kappa shape index (κ2) is 11.1. The van der Waals surface area contributed by atoms with E-state index in [0.717, 1.165) is 64.0 Å². The Kier molecular flexibility index (Phi) is 7.92. The second-order valence-corrected chi connectivity index (χ2v) is 9.96. The Morgan fingerprint density at radius 1 is 1.00 bits per heavy atom. The fourth-order valence-electron chi connectivity index (χ4n) is 4.90. The van der Waals surface area contributed by atoms with Crippen LogP contribution >= 0.6 is 11.6 Å². The van der Waals surface area contributed by atoms with E-state index in [4.69, 9.17) is 11.6 Å². The molecule has 0 saturated carbocycles. The SMILES string of the molecule is CC(Cl)C(=O)Nc1ccc(N2CCC(Cc3ccccc3)CC2)c(C(=O)N2CCCCC2)c1. The fourth-order valence-corrected chi connectivity index (χ4v) is 4.95. The van der Waals surface area contributed by atoms with Gasteiger partial charge < -0.3 is 15.1 Å². The van der Waals surface area contributed by atoms with Crippen LogP contribution in [0.15, 0.2) is 48.5 Å². The van der Waals surface area contributed by atoms with Gasteiger partial charge in [-0.15, -0.1) is 11.6 Å². The summed E-state index contributed by atoms with van der Waals surface area (Å²) in [6, 6.07) is 16.4. The minimum Gasteiger partial charge on any atom is -0.371 e. The van der Waals surface area contributed by atoms with Crippen molar-refractivity contribution in [3.8, 4) is 0 Å². The maximum Gasteiger partial charge on any atom is 0.256 e. The molecule has 2 aromatic carbocycles. The molecule has 0 bridgehead atoms. The highest BCUT2D eigenvalue weighted by Gasteiger charge is 2.27. The summed E-state index contributed by atoms with van der Waals surface area (Å²) in [6.45, 7) is 5.11. The molecule has 2 aliphatic rings. The van der Waals surface area contributed by atoms with E-state index >= 15 is 0 Å². The molecule has 6 heteroatoms. The van der Waals surface area contributed by atoms with Crippen LogP contribution in [0.2, 0.25) is 0 Å². The van der Waals surface area contributed by atoms with Crippen molar-refractivity contribution in [2.45, 2.75) is 50.8 Å². The van der Waals surface area contributed by atoms with E-state index in [9.17, 15) is 9.59 Å². The van der Waals surface area contributed by atoms with Gasteiger partial charge in [-0.3, -0.25) is 9.59 Å². The first-order valence-electron chi connectivity index (χ1n) is 12.2. The number of hydrogen-bond acceptors (Lipinski definition) is 3. The maximum absolute atomic E-state index is 13.5. The number of likely N-dealkylation sites (tertiary alicyclic amines) is 1. The molecule has 4 rings (SSSR count). The summed E-state index contributed by atoms with van der Waals surface area (Å²) in [5.74, 6) is 0.460. The van der Waals surface area contributed by atoms with Crippen molar-refractivity contribution in [1.29, 1.82) is 0 Å². The molecular formula is C27H34ClN3O2. The van der Waals surface area contributed by atoms with Crippen LogP contribution in [0.1, 0.15) is 54.9 Å². The third-order valence-corrected chi connectivity index (χ3v) is 7.02. The molecule has 2 amide bonds. The molecule has 33 heavy (non-hydrogen) atoms. The van der Waals surface area contributed by atoms with Gasteiger partial charge in [-0.05, 0) is 75.1 Å². The van der Waals surface area contributed by atoms with Gasteiger partial charge in [0, 0.05) is 37.6 Å². The van der Waals surface area contributed by atoms with Gasteiger partial charge in [0.05, 0.1) is 5.56 Å². The molecule has 176 valence electrons. The lowest BCUT2D eigenvalue weighted by molar-refractivity contribution is -0.115. The van der Waals surface area contributed by atoms with E-state index in [1.807, 2.05) is 23.1 Å². The van der Waals surface area contributed by atoms with Gasteiger partial charge in [-0.2, -0.15) is 0 Å². The van der Waals surface area contributed by atoms with Crippen molar-refractivity contribution >= 4 is 34.8 Å². The Bertz CT molecular complexity index is 949. The van der Waals surface area contributed by atoms with Crippen LogP contribution in [0.3, 0.4) is 0 Å². The number of alkyl halides is 1. The number of nitrogens with one attached hydrogen (secondary N) is 1. The van der Waals surface area contributed by atoms with Gasteiger partial charge in [0.25, 0.3) is 5.91 Å². The Morgan fingerprint density at radius 2 is 1.70 bits per heavy atom. The lowest BCUT2D eigenvalue weighted by Crippen LogP contribution is -2.39. The highest BCUT2D eigenvalue weighted by molar-refractivity contribution is 6.32. The lowest BCUT2D eigenvalue weighted by atomic mass is 9.89. The fraction of sp³-hybridized carbons (Fsp3) is 0.481. The zero-order chi connectivity index (χ0) is 23.2. The van der Waals surface area contributed by atoms with Gasteiger partial charge in [-0.1, -0.05) is 30.3 Å². The Morgan fingerprint density at radius 3 is 2.36 bits per heavy atom. The molecule has 1 unspecified atom stereocenters.